The van der Waals surface area contributed by atoms with Gasteiger partial charge in [0, 0.05) is 18.8 Å². The molecule has 0 unspecified atom stereocenters. The number of rotatable bonds is 4. The molecule has 30 heavy (non-hydrogen) atoms. The zero-order chi connectivity index (χ0) is 22.0. The van der Waals surface area contributed by atoms with E-state index in [1.165, 1.54) is 0 Å². The molecule has 3 N–H and O–H groups in total. The Hall–Kier alpha value is -2.94. The molecule has 0 atom stereocenters. The molecule has 160 valence electrons. The van der Waals surface area contributed by atoms with Gasteiger partial charge in [0.2, 0.25) is 0 Å². The third kappa shape index (κ3) is 4.79. The molecule has 0 aliphatic carbocycles. The number of carbonyl (C=O) groups excluding carboxylic acids is 2. The summed E-state index contributed by atoms with van der Waals surface area (Å²) in [6, 6.07) is 3.70. The topological polar surface area (TPSA) is 112 Å². The SMILES string of the molecule is Cc1cc(C)c(NC(=O)c2sc(NC(=O)N3CCC(C(=O)O)CC3)nc2C)c(C)c1. The van der Waals surface area contributed by atoms with Crippen molar-refractivity contribution in [2.75, 3.05) is 23.7 Å². The van der Waals surface area contributed by atoms with E-state index in [0.717, 1.165) is 33.7 Å². The van der Waals surface area contributed by atoms with E-state index in [0.29, 0.717) is 41.6 Å². The number of aromatic nitrogens is 1. The molecule has 3 amide bonds. The minimum absolute atomic E-state index is 0.261. The lowest BCUT2D eigenvalue weighted by Gasteiger charge is -2.29. The second-order valence-electron chi connectivity index (χ2n) is 7.69. The monoisotopic (exact) mass is 430 g/mol. The molecule has 1 saturated heterocycles. The van der Waals surface area contributed by atoms with Crippen LogP contribution in [0.3, 0.4) is 0 Å². The van der Waals surface area contributed by atoms with Gasteiger partial charge < -0.3 is 15.3 Å². The van der Waals surface area contributed by atoms with E-state index < -0.39 is 11.9 Å². The summed E-state index contributed by atoms with van der Waals surface area (Å²) in [7, 11) is 0. The Labute approximate surface area is 179 Å². The molecule has 1 fully saturated rings. The van der Waals surface area contributed by atoms with Gasteiger partial charge in [0.1, 0.15) is 4.88 Å². The first kappa shape index (κ1) is 21.8. The highest BCUT2D eigenvalue weighted by atomic mass is 32.1. The maximum Gasteiger partial charge on any atom is 0.323 e. The Bertz CT molecular complexity index is 970. The number of thiazole rings is 1. The minimum atomic E-state index is -0.819. The van der Waals surface area contributed by atoms with E-state index in [1.54, 1.807) is 11.8 Å². The minimum Gasteiger partial charge on any atom is -0.481 e. The normalized spacial score (nSPS) is 14.5. The number of likely N-dealkylation sites (tertiary alicyclic amines) is 1. The third-order valence-electron chi connectivity index (χ3n) is 5.26. The van der Waals surface area contributed by atoms with Crippen molar-refractivity contribution in [2.24, 2.45) is 5.92 Å². The van der Waals surface area contributed by atoms with E-state index in [-0.39, 0.29) is 11.9 Å². The number of hydrogen-bond acceptors (Lipinski definition) is 5. The Balaban J connectivity index is 1.66. The lowest BCUT2D eigenvalue weighted by atomic mass is 9.97. The number of piperidine rings is 1. The molecule has 0 spiro atoms. The number of aliphatic carboxylic acids is 1. The first-order valence-electron chi connectivity index (χ1n) is 9.81. The van der Waals surface area contributed by atoms with Gasteiger partial charge in [-0.3, -0.25) is 14.9 Å². The number of hydrogen-bond donors (Lipinski definition) is 3. The average molecular weight is 431 g/mol. The van der Waals surface area contributed by atoms with Crippen molar-refractivity contribution in [3.05, 3.63) is 39.4 Å². The summed E-state index contributed by atoms with van der Waals surface area (Å²) in [4.78, 5) is 42.7. The quantitative estimate of drug-likeness (QED) is 0.680. The fourth-order valence-corrected chi connectivity index (χ4v) is 4.56. The van der Waals surface area contributed by atoms with Crippen molar-refractivity contribution in [1.82, 2.24) is 9.88 Å². The van der Waals surface area contributed by atoms with E-state index in [2.05, 4.69) is 15.6 Å². The number of amides is 3. The number of benzene rings is 1. The highest BCUT2D eigenvalue weighted by Crippen LogP contribution is 2.27. The van der Waals surface area contributed by atoms with Crippen molar-refractivity contribution in [3.63, 3.8) is 0 Å². The van der Waals surface area contributed by atoms with Crippen LogP contribution in [0.4, 0.5) is 15.6 Å². The van der Waals surface area contributed by atoms with Crippen LogP contribution in [0.5, 0.6) is 0 Å². The van der Waals surface area contributed by atoms with Gasteiger partial charge in [-0.15, -0.1) is 0 Å². The van der Waals surface area contributed by atoms with Gasteiger partial charge in [-0.05, 0) is 51.7 Å². The molecule has 1 aromatic carbocycles. The maximum absolute atomic E-state index is 12.8. The zero-order valence-corrected chi connectivity index (χ0v) is 18.4. The van der Waals surface area contributed by atoms with Crippen LogP contribution in [-0.2, 0) is 4.79 Å². The van der Waals surface area contributed by atoms with Crippen LogP contribution in [-0.4, -0.2) is 46.0 Å². The smallest absolute Gasteiger partial charge is 0.323 e. The summed E-state index contributed by atoms with van der Waals surface area (Å²) in [6.07, 6.45) is 0.866. The Morgan fingerprint density at radius 2 is 1.67 bits per heavy atom. The second-order valence-corrected chi connectivity index (χ2v) is 8.69. The molecule has 1 aromatic heterocycles. The van der Waals surface area contributed by atoms with Crippen LogP contribution >= 0.6 is 11.3 Å². The number of urea groups is 1. The van der Waals surface area contributed by atoms with E-state index >= 15 is 0 Å². The van der Waals surface area contributed by atoms with E-state index in [1.807, 2.05) is 32.9 Å². The largest absolute Gasteiger partial charge is 0.481 e. The molecule has 2 aromatic rings. The Kier molecular flexibility index (Phi) is 6.40. The van der Waals surface area contributed by atoms with E-state index in [4.69, 9.17) is 5.11 Å². The Morgan fingerprint density at radius 3 is 2.23 bits per heavy atom. The van der Waals surface area contributed by atoms with Crippen molar-refractivity contribution in [2.45, 2.75) is 40.5 Å². The van der Waals surface area contributed by atoms with Crippen LogP contribution in [0.25, 0.3) is 0 Å². The predicted octanol–water partition coefficient (Wildman–Crippen LogP) is 3.96. The number of carboxylic acid groups (broad SMARTS) is 1. The molecule has 8 nitrogen and oxygen atoms in total. The molecule has 1 aliphatic rings. The van der Waals surface area contributed by atoms with Crippen molar-refractivity contribution >= 4 is 40.1 Å². The molecular formula is C21H26N4O4S. The van der Waals surface area contributed by atoms with Gasteiger partial charge in [-0.25, -0.2) is 9.78 Å². The molecule has 2 heterocycles. The Morgan fingerprint density at radius 1 is 1.07 bits per heavy atom. The first-order chi connectivity index (χ1) is 14.2. The van der Waals surface area contributed by atoms with Gasteiger partial charge in [-0.1, -0.05) is 29.0 Å². The highest BCUT2D eigenvalue weighted by Gasteiger charge is 2.27. The third-order valence-corrected chi connectivity index (χ3v) is 6.34. The molecule has 9 heteroatoms. The summed E-state index contributed by atoms with van der Waals surface area (Å²) in [6.45, 7) is 8.41. The van der Waals surface area contributed by atoms with Gasteiger partial charge >= 0.3 is 12.0 Å². The summed E-state index contributed by atoms with van der Waals surface area (Å²) in [5.41, 5.74) is 4.43. The lowest BCUT2D eigenvalue weighted by molar-refractivity contribution is -0.143. The van der Waals surface area contributed by atoms with Crippen LogP contribution < -0.4 is 10.6 Å². The summed E-state index contributed by atoms with van der Waals surface area (Å²) in [5, 5.41) is 15.1. The maximum atomic E-state index is 12.8. The first-order valence-corrected chi connectivity index (χ1v) is 10.6. The molecule has 3 rings (SSSR count). The average Bonchev–Trinajstić information content (AvgIpc) is 3.04. The summed E-state index contributed by atoms with van der Waals surface area (Å²) >= 11 is 1.12. The van der Waals surface area contributed by atoms with Gasteiger partial charge in [0.25, 0.3) is 5.91 Å². The molecule has 0 radical (unpaired) electrons. The number of nitrogens with one attached hydrogen (secondary N) is 2. The molecule has 1 aliphatic heterocycles. The van der Waals surface area contributed by atoms with Crippen molar-refractivity contribution in [1.29, 1.82) is 0 Å². The summed E-state index contributed by atoms with van der Waals surface area (Å²) in [5.74, 6) is -1.48. The standard InChI is InChI=1S/C21H26N4O4S/c1-11-9-12(2)16(13(3)10-11)23-18(26)17-14(4)22-20(30-17)24-21(29)25-7-5-15(6-8-25)19(27)28/h9-10,15H,5-8H2,1-4H3,(H,23,26)(H,27,28)(H,22,24,29). The number of carboxylic acids is 1. The van der Waals surface area contributed by atoms with Crippen molar-refractivity contribution < 1.29 is 19.5 Å². The fraction of sp³-hybridized carbons (Fsp3) is 0.429. The predicted molar refractivity (Wildman–Crippen MR) is 116 cm³/mol. The lowest BCUT2D eigenvalue weighted by Crippen LogP contribution is -2.42. The van der Waals surface area contributed by atoms with Gasteiger partial charge in [-0.2, -0.15) is 0 Å². The van der Waals surface area contributed by atoms with Gasteiger partial charge in [0.15, 0.2) is 5.13 Å². The second kappa shape index (κ2) is 8.83. The highest BCUT2D eigenvalue weighted by molar-refractivity contribution is 7.17. The van der Waals surface area contributed by atoms with Crippen LogP contribution in [0.15, 0.2) is 12.1 Å². The van der Waals surface area contributed by atoms with Gasteiger partial charge in [0.05, 0.1) is 11.6 Å². The fourth-order valence-electron chi connectivity index (χ4n) is 3.71. The number of aryl methyl sites for hydroxylation is 4. The number of anilines is 2. The van der Waals surface area contributed by atoms with Crippen LogP contribution in [0, 0.1) is 33.6 Å². The van der Waals surface area contributed by atoms with Crippen LogP contribution in [0.2, 0.25) is 0 Å². The van der Waals surface area contributed by atoms with E-state index in [9.17, 15) is 14.4 Å². The summed E-state index contributed by atoms with van der Waals surface area (Å²) < 4.78 is 0. The number of nitrogens with zero attached hydrogens (tertiary/aromatic N) is 2. The molecule has 0 bridgehead atoms. The van der Waals surface area contributed by atoms with Crippen molar-refractivity contribution in [3.8, 4) is 0 Å². The van der Waals surface area contributed by atoms with Crippen LogP contribution in [0.1, 0.15) is 44.9 Å². The number of carbonyl (C=O) groups is 3. The zero-order valence-electron chi connectivity index (χ0n) is 17.5. The molecular weight excluding hydrogens is 404 g/mol. The molecule has 0 saturated carbocycles.